The number of carbonyl (C=O) groups excluding carboxylic acids is 1. The lowest BCUT2D eigenvalue weighted by molar-refractivity contribution is -0.132. The van der Waals surface area contributed by atoms with E-state index in [0.29, 0.717) is 39.1 Å². The fourth-order valence-corrected chi connectivity index (χ4v) is 6.61. The fraction of sp³-hybridized carbons (Fsp3) is 0.976. The molecule has 2 N–H and O–H groups in total. The predicted molar refractivity (Wildman–Crippen MR) is 201 cm³/mol. The monoisotopic (exact) mass is 670 g/mol. The summed E-state index contributed by atoms with van der Waals surface area (Å²) in [5.74, 6) is 0.210. The quantitative estimate of drug-likeness (QED) is 0.0637. The van der Waals surface area contributed by atoms with Crippen LogP contribution in [0.1, 0.15) is 200 Å². The zero-order valence-corrected chi connectivity index (χ0v) is 32.0. The number of nitrogens with zero attached hydrogens (tertiary/aromatic N) is 1. The summed E-state index contributed by atoms with van der Waals surface area (Å²) in [4.78, 5) is 15.2. The molecule has 0 rings (SSSR count). The summed E-state index contributed by atoms with van der Waals surface area (Å²) in [5, 5.41) is 19.7. The normalized spacial score (nSPS) is 12.9. The highest BCUT2D eigenvalue weighted by atomic mass is 16.5. The van der Waals surface area contributed by atoms with Crippen molar-refractivity contribution in [3.8, 4) is 0 Å². The van der Waals surface area contributed by atoms with Crippen molar-refractivity contribution in [1.29, 1.82) is 0 Å². The Morgan fingerprint density at radius 2 is 1.02 bits per heavy atom. The number of amides is 1. The number of aliphatic hydroxyl groups is 2. The second kappa shape index (κ2) is 38.1. The third-order valence-corrected chi connectivity index (χ3v) is 9.66. The minimum absolute atomic E-state index is 0.0114. The Hall–Kier alpha value is -0.690. The molecule has 0 bridgehead atoms. The maximum Gasteiger partial charge on any atom is 0.222 e. The van der Waals surface area contributed by atoms with Crippen LogP contribution in [0.5, 0.6) is 0 Å². The van der Waals surface area contributed by atoms with Gasteiger partial charge in [0.2, 0.25) is 5.91 Å². The maximum absolute atomic E-state index is 13.3. The highest BCUT2D eigenvalue weighted by Gasteiger charge is 2.21. The molecule has 2 unspecified atom stereocenters. The van der Waals surface area contributed by atoms with E-state index in [1.807, 2.05) is 4.90 Å². The van der Waals surface area contributed by atoms with Crippen molar-refractivity contribution < 1.29 is 24.5 Å². The number of hydrogen-bond acceptors (Lipinski definition) is 5. The third kappa shape index (κ3) is 33.6. The van der Waals surface area contributed by atoms with Crippen LogP contribution in [0.4, 0.5) is 0 Å². The highest BCUT2D eigenvalue weighted by Crippen LogP contribution is 2.17. The van der Waals surface area contributed by atoms with Crippen molar-refractivity contribution in [3.05, 3.63) is 0 Å². The summed E-state index contributed by atoms with van der Waals surface area (Å²) >= 11 is 0. The molecule has 0 aromatic carbocycles. The molecule has 6 heteroatoms. The molecule has 0 spiro atoms. The molecule has 6 nitrogen and oxygen atoms in total. The first-order chi connectivity index (χ1) is 23.1. The SMILES string of the molecule is CCCCCCCCCCCCCCCOCC(CC(O)CO)CN(CCCOC)C(=O)CCCCCCCCCCCCCCC. The Kier molecular flexibility index (Phi) is 37.6. The first kappa shape index (κ1) is 46.3. The van der Waals surface area contributed by atoms with Gasteiger partial charge in [-0.2, -0.15) is 0 Å². The molecule has 0 heterocycles. The molecular formula is C41H83NO5. The molecule has 0 aromatic heterocycles. The minimum Gasteiger partial charge on any atom is -0.394 e. The highest BCUT2D eigenvalue weighted by molar-refractivity contribution is 5.76. The molecule has 0 aliphatic heterocycles. The number of unbranched alkanes of at least 4 members (excludes halogenated alkanes) is 24. The molecule has 2 atom stereocenters. The van der Waals surface area contributed by atoms with E-state index in [1.54, 1.807) is 7.11 Å². The van der Waals surface area contributed by atoms with Crippen molar-refractivity contribution >= 4 is 5.91 Å². The van der Waals surface area contributed by atoms with Gasteiger partial charge < -0.3 is 24.6 Å². The molecule has 47 heavy (non-hydrogen) atoms. The summed E-state index contributed by atoms with van der Waals surface area (Å²) < 4.78 is 11.3. The van der Waals surface area contributed by atoms with Crippen molar-refractivity contribution in [2.75, 3.05) is 46.6 Å². The molecule has 0 saturated heterocycles. The fourth-order valence-electron chi connectivity index (χ4n) is 6.61. The topological polar surface area (TPSA) is 79.2 Å². The van der Waals surface area contributed by atoms with E-state index in [-0.39, 0.29) is 18.4 Å². The summed E-state index contributed by atoms with van der Waals surface area (Å²) in [6, 6.07) is 0. The van der Waals surface area contributed by atoms with Crippen LogP contribution in [-0.2, 0) is 14.3 Å². The van der Waals surface area contributed by atoms with Crippen molar-refractivity contribution in [2.45, 2.75) is 206 Å². The Bertz CT molecular complexity index is 619. The predicted octanol–water partition coefficient (Wildman–Crippen LogP) is 10.8. The second-order valence-corrected chi connectivity index (χ2v) is 14.4. The van der Waals surface area contributed by atoms with Gasteiger partial charge in [-0.25, -0.2) is 0 Å². The maximum atomic E-state index is 13.3. The van der Waals surface area contributed by atoms with Gasteiger partial charge in [-0.3, -0.25) is 4.79 Å². The number of hydrogen-bond donors (Lipinski definition) is 2. The molecule has 0 aromatic rings. The van der Waals surface area contributed by atoms with E-state index in [0.717, 1.165) is 32.3 Å². The zero-order chi connectivity index (χ0) is 34.5. The van der Waals surface area contributed by atoms with Gasteiger partial charge in [-0.05, 0) is 25.7 Å². The summed E-state index contributed by atoms with van der Waals surface area (Å²) in [5.41, 5.74) is 0. The van der Waals surface area contributed by atoms with Gasteiger partial charge in [0, 0.05) is 45.8 Å². The lowest BCUT2D eigenvalue weighted by Crippen LogP contribution is -2.39. The molecule has 0 aliphatic rings. The molecular weight excluding hydrogens is 586 g/mol. The van der Waals surface area contributed by atoms with E-state index in [9.17, 15) is 15.0 Å². The van der Waals surface area contributed by atoms with Crippen LogP contribution >= 0.6 is 0 Å². The number of ether oxygens (including phenoxy) is 2. The molecule has 282 valence electrons. The van der Waals surface area contributed by atoms with Crippen molar-refractivity contribution in [3.63, 3.8) is 0 Å². The average molecular weight is 670 g/mol. The van der Waals surface area contributed by atoms with Gasteiger partial charge in [0.15, 0.2) is 0 Å². The average Bonchev–Trinajstić information content (AvgIpc) is 3.07. The van der Waals surface area contributed by atoms with E-state index >= 15 is 0 Å². The number of rotatable bonds is 39. The lowest BCUT2D eigenvalue weighted by atomic mass is 10.0. The van der Waals surface area contributed by atoms with Gasteiger partial charge in [0.05, 0.1) is 19.3 Å². The van der Waals surface area contributed by atoms with Crippen LogP contribution in [-0.4, -0.2) is 73.8 Å². The molecule has 0 aliphatic carbocycles. The molecule has 0 radical (unpaired) electrons. The zero-order valence-electron chi connectivity index (χ0n) is 32.0. The first-order valence-corrected chi connectivity index (χ1v) is 20.7. The number of methoxy groups -OCH3 is 1. The summed E-state index contributed by atoms with van der Waals surface area (Å²) in [6.07, 6.45) is 35.2. The van der Waals surface area contributed by atoms with E-state index < -0.39 is 6.10 Å². The largest absolute Gasteiger partial charge is 0.394 e. The van der Waals surface area contributed by atoms with E-state index in [4.69, 9.17) is 9.47 Å². The Morgan fingerprint density at radius 3 is 1.45 bits per heavy atom. The van der Waals surface area contributed by atoms with Gasteiger partial charge in [-0.1, -0.05) is 168 Å². The van der Waals surface area contributed by atoms with Crippen molar-refractivity contribution in [2.24, 2.45) is 5.92 Å². The van der Waals surface area contributed by atoms with Crippen LogP contribution in [0.25, 0.3) is 0 Å². The first-order valence-electron chi connectivity index (χ1n) is 20.7. The molecule has 0 fully saturated rings. The van der Waals surface area contributed by atoms with Gasteiger partial charge in [-0.15, -0.1) is 0 Å². The van der Waals surface area contributed by atoms with Crippen LogP contribution in [0.2, 0.25) is 0 Å². The van der Waals surface area contributed by atoms with Crippen LogP contribution in [0, 0.1) is 5.92 Å². The van der Waals surface area contributed by atoms with Gasteiger partial charge in [0.25, 0.3) is 0 Å². The standard InChI is InChI=1S/C41H83NO5/c1-4-6-8-10-12-14-16-18-20-22-24-26-28-31-41(45)42(32-30-33-46-3)36-39(35-40(44)37-43)38-47-34-29-27-25-23-21-19-17-15-13-11-9-7-5-2/h39-40,43-44H,4-38H2,1-3H3. The third-order valence-electron chi connectivity index (χ3n) is 9.66. The molecule has 0 saturated carbocycles. The van der Waals surface area contributed by atoms with E-state index in [1.165, 1.54) is 148 Å². The minimum atomic E-state index is -0.781. The smallest absolute Gasteiger partial charge is 0.222 e. The van der Waals surface area contributed by atoms with Gasteiger partial charge in [0.1, 0.15) is 0 Å². The second-order valence-electron chi connectivity index (χ2n) is 14.4. The van der Waals surface area contributed by atoms with Crippen LogP contribution in [0.15, 0.2) is 0 Å². The van der Waals surface area contributed by atoms with Crippen LogP contribution in [0.3, 0.4) is 0 Å². The Balaban J connectivity index is 4.27. The van der Waals surface area contributed by atoms with E-state index in [2.05, 4.69) is 13.8 Å². The lowest BCUT2D eigenvalue weighted by Gasteiger charge is -2.29. The summed E-state index contributed by atoms with van der Waals surface area (Å²) in [7, 11) is 1.70. The van der Waals surface area contributed by atoms with Crippen LogP contribution < -0.4 is 0 Å². The Morgan fingerprint density at radius 1 is 0.596 bits per heavy atom. The summed E-state index contributed by atoms with van der Waals surface area (Å²) in [6.45, 7) is 7.39. The number of aliphatic hydroxyl groups excluding tert-OH is 2. The number of carbonyl (C=O) groups is 1. The molecule has 1 amide bonds. The Labute approximate surface area is 293 Å². The van der Waals surface area contributed by atoms with Crippen molar-refractivity contribution in [1.82, 2.24) is 4.90 Å². The van der Waals surface area contributed by atoms with Gasteiger partial charge >= 0.3 is 0 Å².